The Labute approximate surface area is 191 Å². The molecule has 1 atom stereocenters. The van der Waals surface area contributed by atoms with E-state index >= 15 is 0 Å². The number of morpholine rings is 1. The molecule has 33 heavy (non-hydrogen) atoms. The summed E-state index contributed by atoms with van der Waals surface area (Å²) in [6.07, 6.45) is 3.77. The summed E-state index contributed by atoms with van der Waals surface area (Å²) >= 11 is 0. The lowest BCUT2D eigenvalue weighted by molar-refractivity contribution is -0.0348. The van der Waals surface area contributed by atoms with E-state index in [-0.39, 0.29) is 11.9 Å². The molecule has 1 saturated heterocycles. The second-order valence-corrected chi connectivity index (χ2v) is 8.43. The molecule has 1 aliphatic rings. The third-order valence-corrected chi connectivity index (χ3v) is 6.20. The molecule has 4 aromatic rings. The molecule has 0 bridgehead atoms. The lowest BCUT2D eigenvalue weighted by Crippen LogP contribution is -2.38. The normalized spacial score (nSPS) is 16.8. The van der Waals surface area contributed by atoms with Gasteiger partial charge in [0.05, 0.1) is 12.3 Å². The summed E-state index contributed by atoms with van der Waals surface area (Å²) in [7, 11) is 1.98. The molecule has 2 N–H and O–H groups in total. The van der Waals surface area contributed by atoms with Crippen molar-refractivity contribution in [2.75, 3.05) is 19.7 Å². The van der Waals surface area contributed by atoms with E-state index in [2.05, 4.69) is 16.1 Å². The molecule has 1 unspecified atom stereocenters. The Kier molecular flexibility index (Phi) is 5.66. The van der Waals surface area contributed by atoms with Gasteiger partial charge in [-0.3, -0.25) is 14.7 Å². The number of aryl methyl sites for hydroxylation is 1. The molecular weight excluding hydrogens is 419 g/mol. The van der Waals surface area contributed by atoms with Crippen molar-refractivity contribution in [1.82, 2.24) is 14.5 Å². The number of pyridine rings is 1. The molecule has 168 valence electrons. The van der Waals surface area contributed by atoms with Gasteiger partial charge < -0.3 is 15.0 Å². The number of amides is 1. The summed E-state index contributed by atoms with van der Waals surface area (Å²) in [6.45, 7) is 2.87. The zero-order valence-corrected chi connectivity index (χ0v) is 18.4. The molecule has 1 amide bonds. The fraction of sp³-hybridized carbons (Fsp3) is 0.231. The number of benzene rings is 2. The molecule has 3 heterocycles. The van der Waals surface area contributed by atoms with E-state index in [0.29, 0.717) is 18.7 Å². The maximum atomic E-state index is 13.8. The van der Waals surface area contributed by atoms with Gasteiger partial charge in [0.1, 0.15) is 11.9 Å². The summed E-state index contributed by atoms with van der Waals surface area (Å²) in [6, 6.07) is 16.1. The molecular formula is C26H25FN4O2. The van der Waals surface area contributed by atoms with E-state index in [1.54, 1.807) is 18.2 Å². The second kappa shape index (κ2) is 8.77. The number of halogens is 1. The number of carbonyl (C=O) groups excluding carboxylic acids is 1. The van der Waals surface area contributed by atoms with E-state index in [0.717, 1.165) is 46.4 Å². The Morgan fingerprint density at radius 3 is 2.67 bits per heavy atom. The average molecular weight is 445 g/mol. The van der Waals surface area contributed by atoms with Gasteiger partial charge in [0.25, 0.3) is 0 Å². The fourth-order valence-corrected chi connectivity index (χ4v) is 4.43. The summed E-state index contributed by atoms with van der Waals surface area (Å²) in [5, 5.41) is 0.949. The van der Waals surface area contributed by atoms with Crippen LogP contribution in [0.3, 0.4) is 0 Å². The Bertz CT molecular complexity index is 1300. The zero-order chi connectivity index (χ0) is 22.9. The van der Waals surface area contributed by atoms with Crippen molar-refractivity contribution in [3.63, 3.8) is 0 Å². The first-order valence-corrected chi connectivity index (χ1v) is 10.9. The number of hydrogen-bond acceptors (Lipinski definition) is 4. The van der Waals surface area contributed by atoms with Crippen molar-refractivity contribution < 1.29 is 13.9 Å². The summed E-state index contributed by atoms with van der Waals surface area (Å²) < 4.78 is 21.9. The van der Waals surface area contributed by atoms with Crippen LogP contribution in [0.5, 0.6) is 0 Å². The highest BCUT2D eigenvalue weighted by Crippen LogP contribution is 2.27. The number of hydrogen-bond donors (Lipinski definition) is 1. The van der Waals surface area contributed by atoms with Crippen molar-refractivity contribution >= 4 is 16.8 Å². The van der Waals surface area contributed by atoms with Gasteiger partial charge in [-0.25, -0.2) is 4.39 Å². The van der Waals surface area contributed by atoms with E-state index < -0.39 is 5.91 Å². The van der Waals surface area contributed by atoms with Gasteiger partial charge in [0.2, 0.25) is 5.91 Å². The molecule has 1 aliphatic heterocycles. The molecule has 7 heteroatoms. The predicted molar refractivity (Wildman–Crippen MR) is 125 cm³/mol. The van der Waals surface area contributed by atoms with Crippen LogP contribution in [0, 0.1) is 5.82 Å². The molecule has 2 aromatic carbocycles. The summed E-state index contributed by atoms with van der Waals surface area (Å²) in [4.78, 5) is 18.2. The van der Waals surface area contributed by atoms with Crippen LogP contribution < -0.4 is 5.73 Å². The van der Waals surface area contributed by atoms with Crippen molar-refractivity contribution in [3.05, 3.63) is 89.6 Å². The van der Waals surface area contributed by atoms with Crippen molar-refractivity contribution in [1.29, 1.82) is 0 Å². The minimum Gasteiger partial charge on any atom is -0.369 e. The van der Waals surface area contributed by atoms with Crippen LogP contribution in [-0.2, 0) is 18.3 Å². The number of rotatable bonds is 5. The van der Waals surface area contributed by atoms with E-state index in [1.165, 1.54) is 6.07 Å². The molecule has 0 aliphatic carbocycles. The molecule has 2 aromatic heterocycles. The predicted octanol–water partition coefficient (Wildman–Crippen LogP) is 4.05. The average Bonchev–Trinajstić information content (AvgIpc) is 3.13. The minimum atomic E-state index is -0.442. The number of ether oxygens (including phenoxy) is 1. The van der Waals surface area contributed by atoms with Gasteiger partial charge in [0.15, 0.2) is 0 Å². The Balaban J connectivity index is 1.30. The maximum Gasteiger partial charge on any atom is 0.248 e. The van der Waals surface area contributed by atoms with Crippen LogP contribution >= 0.6 is 0 Å². The SMILES string of the molecule is Cn1cc(CN2CCOC(c3ccc(-c4ccc(C(N)=O)cc4)cn3)C2)c2cc(F)ccc21. The van der Waals surface area contributed by atoms with Crippen molar-refractivity contribution in [2.45, 2.75) is 12.6 Å². The molecule has 0 radical (unpaired) electrons. The van der Waals surface area contributed by atoms with Crippen LogP contribution in [-0.4, -0.2) is 40.1 Å². The zero-order valence-electron chi connectivity index (χ0n) is 18.4. The fourth-order valence-electron chi connectivity index (χ4n) is 4.43. The van der Waals surface area contributed by atoms with E-state index in [4.69, 9.17) is 10.5 Å². The van der Waals surface area contributed by atoms with Gasteiger partial charge in [-0.05, 0) is 47.5 Å². The first-order valence-electron chi connectivity index (χ1n) is 10.9. The van der Waals surface area contributed by atoms with Gasteiger partial charge in [-0.2, -0.15) is 0 Å². The highest BCUT2D eigenvalue weighted by atomic mass is 19.1. The quantitative estimate of drug-likeness (QED) is 0.504. The molecule has 0 saturated carbocycles. The van der Waals surface area contributed by atoms with Crippen LogP contribution in [0.4, 0.5) is 4.39 Å². The van der Waals surface area contributed by atoms with Gasteiger partial charge in [-0.15, -0.1) is 0 Å². The van der Waals surface area contributed by atoms with E-state index in [1.807, 2.05) is 48.1 Å². The maximum absolute atomic E-state index is 13.8. The topological polar surface area (TPSA) is 73.4 Å². The number of nitrogens with zero attached hydrogens (tertiary/aromatic N) is 3. The number of carbonyl (C=O) groups is 1. The third-order valence-electron chi connectivity index (χ3n) is 6.20. The van der Waals surface area contributed by atoms with Gasteiger partial charge in [-0.1, -0.05) is 18.2 Å². The van der Waals surface area contributed by atoms with Gasteiger partial charge >= 0.3 is 0 Å². The lowest BCUT2D eigenvalue weighted by atomic mass is 10.0. The number of aromatic nitrogens is 2. The Morgan fingerprint density at radius 1 is 1.15 bits per heavy atom. The van der Waals surface area contributed by atoms with Crippen LogP contribution in [0.2, 0.25) is 0 Å². The van der Waals surface area contributed by atoms with Crippen LogP contribution in [0.15, 0.2) is 67.0 Å². The lowest BCUT2D eigenvalue weighted by Gasteiger charge is -2.32. The number of primary amides is 1. The Hall–Kier alpha value is -3.55. The smallest absolute Gasteiger partial charge is 0.248 e. The monoisotopic (exact) mass is 444 g/mol. The number of nitrogens with two attached hydrogens (primary N) is 1. The second-order valence-electron chi connectivity index (χ2n) is 8.43. The summed E-state index contributed by atoms with van der Waals surface area (Å²) in [5.41, 5.74) is 10.7. The van der Waals surface area contributed by atoms with Crippen molar-refractivity contribution in [2.24, 2.45) is 12.8 Å². The molecule has 1 fully saturated rings. The molecule has 5 rings (SSSR count). The highest BCUT2D eigenvalue weighted by molar-refractivity contribution is 5.93. The largest absolute Gasteiger partial charge is 0.369 e. The molecule has 0 spiro atoms. The van der Waals surface area contributed by atoms with Gasteiger partial charge in [0, 0.05) is 61.1 Å². The number of fused-ring (bicyclic) bond motifs is 1. The summed E-state index contributed by atoms with van der Waals surface area (Å²) in [5.74, 6) is -0.661. The first kappa shape index (κ1) is 21.3. The highest BCUT2D eigenvalue weighted by Gasteiger charge is 2.24. The van der Waals surface area contributed by atoms with Crippen LogP contribution in [0.1, 0.15) is 27.7 Å². The third kappa shape index (κ3) is 4.37. The minimum absolute atomic E-state index is 0.128. The Morgan fingerprint density at radius 2 is 1.94 bits per heavy atom. The van der Waals surface area contributed by atoms with Crippen LogP contribution in [0.25, 0.3) is 22.0 Å². The first-order chi connectivity index (χ1) is 16.0. The van der Waals surface area contributed by atoms with E-state index in [9.17, 15) is 9.18 Å². The standard InChI is InChI=1S/C26H25FN4O2/c1-30-14-20(22-12-21(27)7-9-24(22)30)15-31-10-11-33-25(16-31)23-8-6-19(13-29-23)17-2-4-18(5-3-17)26(28)32/h2-9,12-14,25H,10-11,15-16H2,1H3,(H2,28,32). The van der Waals surface area contributed by atoms with Crippen molar-refractivity contribution in [3.8, 4) is 11.1 Å². The molecule has 6 nitrogen and oxygen atoms in total.